The number of rotatable bonds is 9. The van der Waals surface area contributed by atoms with E-state index in [2.05, 4.69) is 19.4 Å². The standard InChI is InChI=1S/2C16H13NO5.2CH4/c1-10(18)12-4-3-5-13(16(20)21-2)14(12)22-15(19)11-6-8-17-9-7-11;1-22-16(21)12-4-2-3-11(15(12)20)14(19)9-13(18)10-5-7-17-8-6-10;;/h3-9H,1-2H3;2-8,20H,9H2,1H3;2*1H4. The molecule has 0 spiro atoms. The molecule has 0 unspecified atom stereocenters. The van der Waals surface area contributed by atoms with E-state index in [0.717, 1.165) is 0 Å². The predicted octanol–water partition coefficient (Wildman–Crippen LogP) is 5.59. The summed E-state index contributed by atoms with van der Waals surface area (Å²) in [5.74, 6) is -4.04. The molecule has 0 fully saturated rings. The van der Waals surface area contributed by atoms with Crippen LogP contribution in [0.15, 0.2) is 85.5 Å². The molecule has 0 saturated carbocycles. The lowest BCUT2D eigenvalue weighted by Gasteiger charge is -2.12. The fraction of sp³-hybridized carbons (Fsp3) is 0.176. The molecule has 0 atom stereocenters. The Hall–Kier alpha value is -6.04. The Morgan fingerprint density at radius 2 is 1.07 bits per heavy atom. The molecule has 0 radical (unpaired) electrons. The number of esters is 3. The van der Waals surface area contributed by atoms with Gasteiger partial charge in [-0.2, -0.15) is 0 Å². The molecule has 46 heavy (non-hydrogen) atoms. The molecule has 2 aromatic carbocycles. The maximum Gasteiger partial charge on any atom is 0.343 e. The number of aromatic nitrogens is 2. The van der Waals surface area contributed by atoms with E-state index in [9.17, 15) is 33.9 Å². The Kier molecular flexibility index (Phi) is 14.8. The van der Waals surface area contributed by atoms with Crippen LogP contribution < -0.4 is 4.74 Å². The minimum Gasteiger partial charge on any atom is -0.506 e. The molecule has 2 aromatic heterocycles. The van der Waals surface area contributed by atoms with Crippen LogP contribution in [0.4, 0.5) is 0 Å². The highest BCUT2D eigenvalue weighted by atomic mass is 16.5. The maximum absolute atomic E-state index is 12.2. The second-order valence-corrected chi connectivity index (χ2v) is 8.81. The highest BCUT2D eigenvalue weighted by Gasteiger charge is 2.23. The molecule has 2 heterocycles. The number of ether oxygens (including phenoxy) is 3. The van der Waals surface area contributed by atoms with Gasteiger partial charge in [0.2, 0.25) is 0 Å². The van der Waals surface area contributed by atoms with Gasteiger partial charge in [-0.15, -0.1) is 0 Å². The van der Waals surface area contributed by atoms with Crippen LogP contribution in [0, 0.1) is 0 Å². The van der Waals surface area contributed by atoms with E-state index in [1.54, 1.807) is 0 Å². The highest BCUT2D eigenvalue weighted by Crippen LogP contribution is 2.27. The summed E-state index contributed by atoms with van der Waals surface area (Å²) in [5.41, 5.74) is 0.536. The number of pyridine rings is 2. The fourth-order valence-corrected chi connectivity index (χ4v) is 3.76. The normalized spacial score (nSPS) is 9.54. The molecule has 12 nitrogen and oxygen atoms in total. The molecule has 0 bridgehead atoms. The Bertz CT molecular complexity index is 1700. The van der Waals surface area contributed by atoms with Crippen molar-refractivity contribution in [1.29, 1.82) is 0 Å². The molecule has 0 saturated heterocycles. The van der Waals surface area contributed by atoms with Crippen molar-refractivity contribution in [3.8, 4) is 11.5 Å². The molecule has 4 aromatic rings. The summed E-state index contributed by atoms with van der Waals surface area (Å²) in [6.07, 6.45) is 5.37. The van der Waals surface area contributed by atoms with Crippen molar-refractivity contribution in [3.05, 3.63) is 119 Å². The van der Waals surface area contributed by atoms with Crippen molar-refractivity contribution in [1.82, 2.24) is 9.97 Å². The molecule has 0 aliphatic heterocycles. The Labute approximate surface area is 266 Å². The number of Topliss-reactive ketones (excluding diaryl/α,β-unsaturated/α-hetero) is 3. The minimum absolute atomic E-state index is 0. The van der Waals surface area contributed by atoms with Gasteiger partial charge in [-0.05, 0) is 55.5 Å². The van der Waals surface area contributed by atoms with Crippen LogP contribution in [0.2, 0.25) is 0 Å². The number of ketones is 3. The van der Waals surface area contributed by atoms with Gasteiger partial charge >= 0.3 is 17.9 Å². The van der Waals surface area contributed by atoms with Crippen molar-refractivity contribution in [2.75, 3.05) is 14.2 Å². The number of hydrogen-bond acceptors (Lipinski definition) is 12. The first-order valence-electron chi connectivity index (χ1n) is 12.8. The summed E-state index contributed by atoms with van der Waals surface area (Å²) in [6, 6.07) is 14.5. The van der Waals surface area contributed by atoms with Crippen molar-refractivity contribution in [3.63, 3.8) is 0 Å². The molecule has 240 valence electrons. The van der Waals surface area contributed by atoms with Gasteiger partial charge in [0, 0.05) is 30.4 Å². The number of benzene rings is 2. The van der Waals surface area contributed by atoms with Crippen LogP contribution in [-0.2, 0) is 9.47 Å². The molecule has 4 rings (SSSR count). The van der Waals surface area contributed by atoms with Gasteiger partial charge in [0.25, 0.3) is 0 Å². The Morgan fingerprint density at radius 3 is 1.59 bits per heavy atom. The van der Waals surface area contributed by atoms with Gasteiger partial charge in [-0.1, -0.05) is 27.0 Å². The molecule has 12 heteroatoms. The van der Waals surface area contributed by atoms with Crippen LogP contribution in [-0.4, -0.2) is 64.6 Å². The average molecular weight is 631 g/mol. The summed E-state index contributed by atoms with van der Waals surface area (Å²) >= 11 is 0. The zero-order valence-corrected chi connectivity index (χ0v) is 23.8. The van der Waals surface area contributed by atoms with E-state index in [-0.39, 0.29) is 54.2 Å². The SMILES string of the molecule is C.C.COC(=O)c1cccc(C(=O)CC(=O)c2ccncc2)c1O.COC(=O)c1cccc(C(C)=O)c1OC(=O)c1ccncc1. The lowest BCUT2D eigenvalue weighted by molar-refractivity contribution is 0.0583. The number of para-hydroxylation sites is 2. The van der Waals surface area contributed by atoms with Gasteiger partial charge in [-0.25, -0.2) is 14.4 Å². The van der Waals surface area contributed by atoms with Crippen molar-refractivity contribution in [2.24, 2.45) is 0 Å². The van der Waals surface area contributed by atoms with E-state index in [1.807, 2.05) is 0 Å². The third kappa shape index (κ3) is 9.48. The zero-order valence-electron chi connectivity index (χ0n) is 23.8. The molecule has 1 N–H and O–H groups in total. The number of phenolic OH excluding ortho intramolecular Hbond substituents is 1. The lowest BCUT2D eigenvalue weighted by Crippen LogP contribution is -2.15. The number of aromatic hydroxyl groups is 1. The third-order valence-corrected chi connectivity index (χ3v) is 5.98. The molecule has 0 aliphatic rings. The van der Waals surface area contributed by atoms with Crippen molar-refractivity contribution in [2.45, 2.75) is 28.2 Å². The Morgan fingerprint density at radius 1 is 0.609 bits per heavy atom. The molecular formula is C34H34N2O10. The number of carbonyl (C=O) groups excluding carboxylic acids is 6. The second kappa shape index (κ2) is 17.9. The van der Waals surface area contributed by atoms with Gasteiger partial charge in [0.05, 0.1) is 37.3 Å². The lowest BCUT2D eigenvalue weighted by atomic mass is 9.99. The average Bonchev–Trinajstić information content (AvgIpc) is 3.05. The number of phenols is 1. The van der Waals surface area contributed by atoms with Crippen LogP contribution in [0.5, 0.6) is 11.5 Å². The van der Waals surface area contributed by atoms with Gasteiger partial charge < -0.3 is 19.3 Å². The van der Waals surface area contributed by atoms with E-state index in [1.165, 1.54) is 107 Å². The summed E-state index contributed by atoms with van der Waals surface area (Å²) in [7, 11) is 2.38. The van der Waals surface area contributed by atoms with Crippen LogP contribution >= 0.6 is 0 Å². The smallest absolute Gasteiger partial charge is 0.343 e. The summed E-state index contributed by atoms with van der Waals surface area (Å²) in [6.45, 7) is 1.32. The van der Waals surface area contributed by atoms with Gasteiger partial charge in [-0.3, -0.25) is 24.4 Å². The number of methoxy groups -OCH3 is 2. The van der Waals surface area contributed by atoms with Gasteiger partial charge in [0.1, 0.15) is 16.9 Å². The van der Waals surface area contributed by atoms with Crippen LogP contribution in [0.3, 0.4) is 0 Å². The monoisotopic (exact) mass is 630 g/mol. The summed E-state index contributed by atoms with van der Waals surface area (Å²) in [5, 5.41) is 10.0. The highest BCUT2D eigenvalue weighted by molar-refractivity contribution is 6.15. The van der Waals surface area contributed by atoms with Gasteiger partial charge in [0.15, 0.2) is 23.1 Å². The predicted molar refractivity (Wildman–Crippen MR) is 167 cm³/mol. The van der Waals surface area contributed by atoms with E-state index in [0.29, 0.717) is 5.56 Å². The number of carbonyl (C=O) groups is 6. The number of nitrogens with zero attached hydrogens (tertiary/aromatic N) is 2. The van der Waals surface area contributed by atoms with Crippen LogP contribution in [0.1, 0.15) is 90.3 Å². The van der Waals surface area contributed by atoms with E-state index >= 15 is 0 Å². The fourth-order valence-electron chi connectivity index (χ4n) is 3.76. The second-order valence-electron chi connectivity index (χ2n) is 8.81. The molecule has 0 amide bonds. The first-order valence-corrected chi connectivity index (χ1v) is 12.8. The largest absolute Gasteiger partial charge is 0.506 e. The van der Waals surface area contributed by atoms with Crippen molar-refractivity contribution >= 4 is 35.3 Å². The first kappa shape index (κ1) is 38.0. The van der Waals surface area contributed by atoms with E-state index in [4.69, 9.17) is 4.74 Å². The van der Waals surface area contributed by atoms with Crippen LogP contribution in [0.25, 0.3) is 0 Å². The third-order valence-electron chi connectivity index (χ3n) is 5.98. The van der Waals surface area contributed by atoms with Crippen molar-refractivity contribution < 1.29 is 48.1 Å². The zero-order chi connectivity index (χ0) is 32.2. The van der Waals surface area contributed by atoms with E-state index < -0.39 is 41.6 Å². The maximum atomic E-state index is 12.2. The summed E-state index contributed by atoms with van der Waals surface area (Å²) < 4.78 is 14.4. The number of hydrogen-bond donors (Lipinski definition) is 1. The molecular weight excluding hydrogens is 596 g/mol. The minimum atomic E-state index is -0.757. The first-order chi connectivity index (χ1) is 21.1. The topological polar surface area (TPSA) is 176 Å². The summed E-state index contributed by atoms with van der Waals surface area (Å²) in [4.78, 5) is 78.9. The molecule has 0 aliphatic carbocycles. The Balaban J connectivity index is 0.000000441. The quantitative estimate of drug-likeness (QED) is 0.105.